The van der Waals surface area contributed by atoms with Crippen LogP contribution in [0.5, 0.6) is 5.75 Å². The number of rotatable bonds is 6. The lowest BCUT2D eigenvalue weighted by molar-refractivity contribution is 0.360. The average Bonchev–Trinajstić information content (AvgIpc) is 2.37. The second-order valence-electron chi connectivity index (χ2n) is 4.84. The van der Waals surface area contributed by atoms with E-state index >= 15 is 0 Å². The maximum Gasteiger partial charge on any atom is 0.118 e. The highest BCUT2D eigenvalue weighted by Crippen LogP contribution is 2.19. The molecule has 0 aliphatic rings. The minimum absolute atomic E-state index is 0.380. The Morgan fingerprint density at radius 2 is 1.71 bits per heavy atom. The van der Waals surface area contributed by atoms with Gasteiger partial charge in [-0.2, -0.15) is 0 Å². The van der Waals surface area contributed by atoms with Crippen LogP contribution in [0.4, 0.5) is 0 Å². The third kappa shape index (κ3) is 4.04. The van der Waals surface area contributed by atoms with Crippen LogP contribution in [0.3, 0.4) is 0 Å². The number of ether oxygens (including phenoxy) is 1. The fourth-order valence-electron chi connectivity index (χ4n) is 1.90. The molecule has 1 rings (SSSR count). The molecule has 2 unspecified atom stereocenters. The van der Waals surface area contributed by atoms with Crippen LogP contribution in [0.1, 0.15) is 45.7 Å². The third-order valence-corrected chi connectivity index (χ3v) is 3.63. The van der Waals surface area contributed by atoms with Gasteiger partial charge in [-0.25, -0.2) is 0 Å². The van der Waals surface area contributed by atoms with Crippen LogP contribution in [0, 0.1) is 5.92 Å². The predicted molar refractivity (Wildman–Crippen MR) is 73.5 cm³/mol. The van der Waals surface area contributed by atoms with Gasteiger partial charge in [0.2, 0.25) is 0 Å². The molecule has 0 saturated heterocycles. The zero-order valence-corrected chi connectivity index (χ0v) is 11.7. The van der Waals surface area contributed by atoms with Crippen molar-refractivity contribution in [1.82, 2.24) is 5.32 Å². The predicted octanol–water partition coefficient (Wildman–Crippen LogP) is 3.78. The van der Waals surface area contributed by atoms with Crippen LogP contribution in [-0.2, 0) is 0 Å². The molecule has 0 aliphatic carbocycles. The zero-order valence-electron chi connectivity index (χ0n) is 11.7. The minimum atomic E-state index is 0.380. The molecule has 0 aliphatic heterocycles. The third-order valence-electron chi connectivity index (χ3n) is 3.63. The molecule has 0 spiro atoms. The highest BCUT2D eigenvalue weighted by Gasteiger charge is 2.13. The Kier molecular flexibility index (Phi) is 5.49. The molecule has 3 atom stereocenters. The van der Waals surface area contributed by atoms with Gasteiger partial charge in [0.25, 0.3) is 0 Å². The van der Waals surface area contributed by atoms with Crippen molar-refractivity contribution in [3.63, 3.8) is 0 Å². The topological polar surface area (TPSA) is 21.3 Å². The van der Waals surface area contributed by atoms with Gasteiger partial charge < -0.3 is 10.1 Å². The van der Waals surface area contributed by atoms with Crippen molar-refractivity contribution < 1.29 is 4.74 Å². The molecule has 0 bridgehead atoms. The Hall–Kier alpha value is -1.02. The Morgan fingerprint density at radius 3 is 2.18 bits per heavy atom. The molecular formula is C15H25NO. The lowest BCUT2D eigenvalue weighted by Gasteiger charge is -2.24. The second kappa shape index (κ2) is 6.65. The van der Waals surface area contributed by atoms with E-state index in [0.717, 1.165) is 5.75 Å². The van der Waals surface area contributed by atoms with Gasteiger partial charge in [0.1, 0.15) is 5.75 Å². The molecule has 0 radical (unpaired) electrons. The van der Waals surface area contributed by atoms with E-state index in [0.29, 0.717) is 18.0 Å². The maximum absolute atomic E-state index is 5.17. The SMILES string of the molecule is CCC(C)C(C)N[C@H](C)c1ccc(OC)cc1. The molecule has 1 aromatic rings. The molecule has 0 heterocycles. The monoisotopic (exact) mass is 235 g/mol. The van der Waals surface area contributed by atoms with E-state index in [1.165, 1.54) is 12.0 Å². The number of benzene rings is 1. The summed E-state index contributed by atoms with van der Waals surface area (Å²) in [6.45, 7) is 8.99. The van der Waals surface area contributed by atoms with Gasteiger partial charge in [0.15, 0.2) is 0 Å². The first-order valence-electron chi connectivity index (χ1n) is 6.48. The van der Waals surface area contributed by atoms with Crippen LogP contribution >= 0.6 is 0 Å². The van der Waals surface area contributed by atoms with Crippen LogP contribution in [0.15, 0.2) is 24.3 Å². The Balaban J connectivity index is 2.59. The van der Waals surface area contributed by atoms with Crippen molar-refractivity contribution in [1.29, 1.82) is 0 Å². The van der Waals surface area contributed by atoms with Gasteiger partial charge in [-0.3, -0.25) is 0 Å². The Bertz CT molecular complexity index is 320. The number of hydrogen-bond donors (Lipinski definition) is 1. The second-order valence-corrected chi connectivity index (χ2v) is 4.84. The summed E-state index contributed by atoms with van der Waals surface area (Å²) in [6.07, 6.45) is 1.21. The van der Waals surface area contributed by atoms with E-state index in [-0.39, 0.29) is 0 Å². The average molecular weight is 235 g/mol. The van der Waals surface area contributed by atoms with Crippen LogP contribution in [-0.4, -0.2) is 13.2 Å². The summed E-state index contributed by atoms with van der Waals surface area (Å²) < 4.78 is 5.17. The first-order valence-corrected chi connectivity index (χ1v) is 6.48. The molecule has 0 amide bonds. The van der Waals surface area contributed by atoms with E-state index < -0.39 is 0 Å². The molecular weight excluding hydrogens is 210 g/mol. The summed E-state index contributed by atoms with van der Waals surface area (Å²) >= 11 is 0. The molecule has 0 saturated carbocycles. The van der Waals surface area contributed by atoms with Crippen molar-refractivity contribution in [3.05, 3.63) is 29.8 Å². The van der Waals surface area contributed by atoms with Crippen molar-refractivity contribution >= 4 is 0 Å². The normalized spacial score (nSPS) is 16.3. The molecule has 96 valence electrons. The van der Waals surface area contributed by atoms with E-state index in [4.69, 9.17) is 4.74 Å². The van der Waals surface area contributed by atoms with Crippen molar-refractivity contribution in [2.24, 2.45) is 5.92 Å². The Labute approximate surface area is 105 Å². The standard InChI is InChI=1S/C15H25NO/c1-6-11(2)12(3)16-13(4)14-7-9-15(17-5)10-8-14/h7-13,16H,6H2,1-5H3/t11?,12?,13-/m1/s1. The molecule has 2 nitrogen and oxygen atoms in total. The van der Waals surface area contributed by atoms with E-state index in [1.807, 2.05) is 12.1 Å². The summed E-state index contributed by atoms with van der Waals surface area (Å²) in [5.41, 5.74) is 1.31. The number of nitrogens with one attached hydrogen (secondary N) is 1. The number of methoxy groups -OCH3 is 1. The van der Waals surface area contributed by atoms with Gasteiger partial charge in [-0.1, -0.05) is 32.4 Å². The summed E-state index contributed by atoms with van der Waals surface area (Å²) in [6, 6.07) is 9.20. The smallest absolute Gasteiger partial charge is 0.118 e. The summed E-state index contributed by atoms with van der Waals surface area (Å²) in [7, 11) is 1.70. The highest BCUT2D eigenvalue weighted by molar-refractivity contribution is 5.28. The molecule has 1 aromatic carbocycles. The van der Waals surface area contributed by atoms with E-state index in [1.54, 1.807) is 7.11 Å². The molecule has 0 aromatic heterocycles. The fraction of sp³-hybridized carbons (Fsp3) is 0.600. The fourth-order valence-corrected chi connectivity index (χ4v) is 1.90. The molecule has 17 heavy (non-hydrogen) atoms. The quantitative estimate of drug-likeness (QED) is 0.810. The lowest BCUT2D eigenvalue weighted by atomic mass is 9.99. The van der Waals surface area contributed by atoms with Crippen LogP contribution < -0.4 is 10.1 Å². The van der Waals surface area contributed by atoms with Crippen LogP contribution in [0.2, 0.25) is 0 Å². The van der Waals surface area contributed by atoms with Gasteiger partial charge in [0.05, 0.1) is 7.11 Å². The summed E-state index contributed by atoms with van der Waals surface area (Å²) in [4.78, 5) is 0. The summed E-state index contributed by atoms with van der Waals surface area (Å²) in [5.74, 6) is 1.62. The van der Waals surface area contributed by atoms with E-state index in [2.05, 4.69) is 45.1 Å². The zero-order chi connectivity index (χ0) is 12.8. The highest BCUT2D eigenvalue weighted by atomic mass is 16.5. The summed E-state index contributed by atoms with van der Waals surface area (Å²) in [5, 5.41) is 3.64. The first kappa shape index (κ1) is 14.0. The van der Waals surface area contributed by atoms with Gasteiger partial charge >= 0.3 is 0 Å². The molecule has 0 fully saturated rings. The first-order chi connectivity index (χ1) is 8.08. The van der Waals surface area contributed by atoms with Crippen molar-refractivity contribution in [3.8, 4) is 5.75 Å². The Morgan fingerprint density at radius 1 is 1.12 bits per heavy atom. The maximum atomic E-state index is 5.17. The van der Waals surface area contributed by atoms with Crippen LogP contribution in [0.25, 0.3) is 0 Å². The number of hydrogen-bond acceptors (Lipinski definition) is 2. The van der Waals surface area contributed by atoms with Crippen molar-refractivity contribution in [2.45, 2.75) is 46.2 Å². The van der Waals surface area contributed by atoms with Crippen molar-refractivity contribution in [2.75, 3.05) is 7.11 Å². The van der Waals surface area contributed by atoms with Gasteiger partial charge in [-0.05, 0) is 37.5 Å². The van der Waals surface area contributed by atoms with E-state index in [9.17, 15) is 0 Å². The lowest BCUT2D eigenvalue weighted by Crippen LogP contribution is -2.33. The molecule has 1 N–H and O–H groups in total. The molecule has 2 heteroatoms. The van der Waals surface area contributed by atoms with Gasteiger partial charge in [0, 0.05) is 12.1 Å². The minimum Gasteiger partial charge on any atom is -0.497 e. The van der Waals surface area contributed by atoms with Gasteiger partial charge in [-0.15, -0.1) is 0 Å². The largest absolute Gasteiger partial charge is 0.497 e.